The topological polar surface area (TPSA) is 512 Å². The molecule has 0 unspecified atom stereocenters. The van der Waals surface area contributed by atoms with Crippen LogP contribution in [0.1, 0.15) is 91.5 Å². The van der Waals surface area contributed by atoms with Gasteiger partial charge < -0.3 is 31.7 Å². The van der Waals surface area contributed by atoms with E-state index in [2.05, 4.69) is 65.8 Å². The van der Waals surface area contributed by atoms with Gasteiger partial charge in [-0.05, 0) is 150 Å². The Labute approximate surface area is 808 Å². The number of pyridine rings is 1. The lowest BCUT2D eigenvalue weighted by Gasteiger charge is -2.40. The largest absolute Gasteiger partial charge is 0.383 e. The molecule has 8 saturated heterocycles. The Morgan fingerprint density at radius 3 is 1.11 bits per heavy atom. The number of hydrogen-bond donors (Lipinski definition) is 5. The number of hydrogen-bond acceptors (Lipinski definition) is 37. The zero-order chi connectivity index (χ0) is 97.8. The van der Waals surface area contributed by atoms with Gasteiger partial charge in [-0.2, -0.15) is 0 Å². The van der Waals surface area contributed by atoms with Gasteiger partial charge in [-0.3, -0.25) is 14.8 Å². The number of nitrogens with zero attached hydrogens (tertiary/aromatic N) is 3. The molecule has 16 rings (SSSR count). The summed E-state index contributed by atoms with van der Waals surface area (Å²) in [6.07, 6.45) is 11.6. The Morgan fingerprint density at radius 1 is 0.396 bits per heavy atom. The van der Waals surface area contributed by atoms with Crippen LogP contribution in [0.5, 0.6) is 0 Å². The molecule has 49 heteroatoms. The highest BCUT2D eigenvalue weighted by molar-refractivity contribution is 8.00. The summed E-state index contributed by atoms with van der Waals surface area (Å²) in [4.78, 5) is 8.40. The molecule has 134 heavy (non-hydrogen) atoms. The van der Waals surface area contributed by atoms with Crippen molar-refractivity contribution in [3.8, 4) is 0 Å². The molecule has 9 fully saturated rings. The van der Waals surface area contributed by atoms with Gasteiger partial charge in [0.2, 0.25) is 0 Å². The number of thiophene rings is 4. The molecule has 0 amide bonds. The summed E-state index contributed by atoms with van der Waals surface area (Å²) in [6.45, 7) is 15.2. The van der Waals surface area contributed by atoms with Gasteiger partial charge in [0, 0.05) is 107 Å². The molecular formula is C85H124N8O25S16. The standard InChI is InChI=1S/C16H24N2O4S2.C16H23NO4S2.C15H23NO4S3.C14H16N2O4S3.C13H21NO4S3.C11H17NO5S3/c1-12-7-13(17)9-18(8-12)15-10-23(19,20)11-16(15)24(21,22)14-5-3-2-4-6-14;18-22(19)11-15(17-13-7-3-1-4-8-13)16(12-22)23(20,21)14-9-5-2-6-10-14;1-11-6-12(2)8-16(7-11)13-9-22(17,18)10-14(13)23(19,20)15-4-3-5-21-15;17-22(18)9-12(16-8-11-3-5-15-6-4-11)13(10-22)23(19,20)14-2-1-7-21-14;1-10(2)5-6-14-11-8-20(15,16)9-12(11)21(17,18)13-4-3-7-19-13;1-17-5-4-12-9-7-19(13,14)8-10(9)20(15,16)11-3-2-6-18-11/h2-6,12-13,15-16H,7-11,17H2,1H3;2,5-6,9-10,13,15-17H,1,3-4,7-8,11-12H2;3-5,11-14H,6-10H2,1-2H3;1-7,12-13,16H,8-10H2;3-4,7,10-12,14H,5-6,8-9H2,1-2H3;2-3,6,9-10,12H,4-5,7-8H2,1H3/t12-,13+,15+,16+;15-,16-;11-,12+,13-,14-;12-,13-;11-,12-;9-,10-/m100000/s1. The first kappa shape index (κ1) is 110. The number of nitrogens with two attached hydrogens (primary N) is 1. The van der Waals surface area contributed by atoms with E-state index in [0.29, 0.717) is 63.0 Å². The number of rotatable bonds is 27. The Bertz CT molecular complexity index is 6460. The van der Waals surface area contributed by atoms with Crippen molar-refractivity contribution < 1.29 is 106 Å². The fourth-order valence-electron chi connectivity index (χ4n) is 18.9. The maximum Gasteiger partial charge on any atom is 0.193 e. The first-order chi connectivity index (χ1) is 62.7. The quantitative estimate of drug-likeness (QED) is 0.0389. The summed E-state index contributed by atoms with van der Waals surface area (Å²) in [5.74, 6) is -0.670. The van der Waals surface area contributed by atoms with Crippen LogP contribution in [0, 0.1) is 23.7 Å². The van der Waals surface area contributed by atoms with Crippen LogP contribution in [0.25, 0.3) is 0 Å². The van der Waals surface area contributed by atoms with Crippen molar-refractivity contribution in [1.29, 1.82) is 0 Å². The van der Waals surface area contributed by atoms with E-state index in [1.807, 2.05) is 4.90 Å². The van der Waals surface area contributed by atoms with Gasteiger partial charge >= 0.3 is 0 Å². The minimum Gasteiger partial charge on any atom is -0.383 e. The van der Waals surface area contributed by atoms with Crippen LogP contribution < -0.4 is 27.0 Å². The van der Waals surface area contributed by atoms with Gasteiger partial charge in [-0.1, -0.05) is 115 Å². The van der Waals surface area contributed by atoms with Gasteiger partial charge in [-0.15, -0.1) is 45.3 Å². The predicted molar refractivity (Wildman–Crippen MR) is 527 cm³/mol. The second kappa shape index (κ2) is 46.2. The lowest BCUT2D eigenvalue weighted by atomic mass is 9.91. The highest BCUT2D eigenvalue weighted by atomic mass is 32.3. The van der Waals surface area contributed by atoms with E-state index in [0.717, 1.165) is 97.6 Å². The van der Waals surface area contributed by atoms with E-state index in [1.54, 1.807) is 113 Å². The van der Waals surface area contributed by atoms with Crippen molar-refractivity contribution in [3.05, 3.63) is 161 Å². The maximum absolute atomic E-state index is 13.0. The minimum atomic E-state index is -3.70. The molecule has 0 bridgehead atoms. The lowest BCUT2D eigenvalue weighted by Crippen LogP contribution is -2.55. The SMILES string of the molecule is CC(C)CCN[C@H]1CS(=O)(=O)C[C@@H]1S(=O)(=O)c1cccs1.COCCN[C@H]1CS(=O)(=O)C[C@@H]1S(=O)(=O)c1cccs1.C[C@@H]1C[C@H](C)CN([C@H]2CS(=O)(=O)C[C@@H]2S(=O)(=O)c2cccs2)C1.C[C@@H]1C[C@H](N)CN([C@H]2CS(=O)(=O)C[C@@H]2S(=O)(=O)c2ccccc2)C1.O=S1(=O)C[C@H](NC2CCCCC2)[C@@H](S(=O)(=O)c2ccccc2)C1.O=S1(=O)C[C@H](NCc2ccncc2)[C@@H](S(=O)(=O)c2cccs2)C1. The Kier molecular flexibility index (Phi) is 37.9. The molecule has 1 saturated carbocycles. The van der Waals surface area contributed by atoms with E-state index >= 15 is 0 Å². The number of aromatic nitrogens is 1. The number of methoxy groups -OCH3 is 1. The number of piperidine rings is 2. The normalized spacial score (nSPS) is 29.1. The van der Waals surface area contributed by atoms with Gasteiger partial charge in [0.05, 0.1) is 117 Å². The number of likely N-dealkylation sites (tertiary alicyclic amines) is 2. The van der Waals surface area contributed by atoms with E-state index in [4.69, 9.17) is 10.5 Å². The second-order valence-electron chi connectivity index (χ2n) is 36.7. The molecule has 0 spiro atoms. The molecular weight excluding hydrogens is 2050 g/mol. The molecule has 7 aromatic rings. The maximum atomic E-state index is 13.0. The third-order valence-electron chi connectivity index (χ3n) is 25.2. The Hall–Kier alpha value is -4.53. The van der Waals surface area contributed by atoms with Crippen molar-refractivity contribution in [3.63, 3.8) is 0 Å². The van der Waals surface area contributed by atoms with Crippen molar-refractivity contribution in [2.45, 2.75) is 199 Å². The average molecular weight is 2170 g/mol. The highest BCUT2D eigenvalue weighted by Gasteiger charge is 2.54. The number of nitrogens with one attached hydrogen (secondary N) is 4. The van der Waals surface area contributed by atoms with Crippen LogP contribution in [0.4, 0.5) is 0 Å². The van der Waals surface area contributed by atoms with Gasteiger partial charge in [0.15, 0.2) is 118 Å². The van der Waals surface area contributed by atoms with Crippen molar-refractivity contribution in [1.82, 2.24) is 36.1 Å². The molecule has 0 radical (unpaired) electrons. The molecule has 16 atom stereocenters. The van der Waals surface area contributed by atoms with E-state index in [9.17, 15) is 101 Å². The fraction of sp³-hybridized carbons (Fsp3) is 0.612. The van der Waals surface area contributed by atoms with Crippen LogP contribution in [0.3, 0.4) is 0 Å². The molecule has 13 heterocycles. The summed E-state index contributed by atoms with van der Waals surface area (Å²) in [5.41, 5.74) is 7.00. The zero-order valence-electron chi connectivity index (χ0n) is 75.4. The van der Waals surface area contributed by atoms with E-state index in [-0.39, 0.29) is 108 Å². The molecule has 5 aromatic heterocycles. The minimum absolute atomic E-state index is 0.0400. The van der Waals surface area contributed by atoms with Crippen LogP contribution >= 0.6 is 45.3 Å². The smallest absolute Gasteiger partial charge is 0.193 e. The van der Waals surface area contributed by atoms with Crippen LogP contribution in [-0.2, 0) is 129 Å². The van der Waals surface area contributed by atoms with Crippen LogP contribution in [0.15, 0.2) is 182 Å². The van der Waals surface area contributed by atoms with Crippen molar-refractivity contribution in [2.75, 3.05) is 122 Å². The summed E-state index contributed by atoms with van der Waals surface area (Å²) in [7, 11) is -40.3. The van der Waals surface area contributed by atoms with Gasteiger partial charge in [-0.25, -0.2) is 101 Å². The first-order valence-corrected chi connectivity index (χ1v) is 67.9. The lowest BCUT2D eigenvalue weighted by molar-refractivity contribution is 0.107. The molecule has 8 aliphatic heterocycles. The predicted octanol–water partition coefficient (Wildman–Crippen LogP) is 5.63. The number of sulfone groups is 12. The Morgan fingerprint density at radius 2 is 0.731 bits per heavy atom. The van der Waals surface area contributed by atoms with Crippen molar-refractivity contribution in [2.24, 2.45) is 29.4 Å². The van der Waals surface area contributed by atoms with E-state index < -0.39 is 186 Å². The third-order valence-corrected chi connectivity index (χ3v) is 55.7. The fourth-order valence-corrected chi connectivity index (χ4v) is 52.3. The summed E-state index contributed by atoms with van der Waals surface area (Å²) in [5, 5.41) is 13.9. The van der Waals surface area contributed by atoms with Gasteiger partial charge in [0.1, 0.15) is 16.8 Å². The molecule has 9 aliphatic rings. The molecule has 33 nitrogen and oxygen atoms in total. The number of benzene rings is 2. The monoisotopic (exact) mass is 2170 g/mol. The summed E-state index contributed by atoms with van der Waals surface area (Å²) >= 11 is 4.53. The zero-order valence-corrected chi connectivity index (χ0v) is 88.4. The third kappa shape index (κ3) is 29.4. The highest BCUT2D eigenvalue weighted by Crippen LogP contribution is 2.38. The first-order valence-electron chi connectivity index (χ1n) is 44.2. The van der Waals surface area contributed by atoms with Gasteiger partial charge in [0.25, 0.3) is 0 Å². The molecule has 1 aliphatic carbocycles. The molecule has 2 aromatic carbocycles. The van der Waals surface area contributed by atoms with E-state index in [1.165, 1.54) is 67.3 Å². The molecule has 6 N–H and O–H groups in total. The Balaban J connectivity index is 0.000000155. The second-order valence-corrected chi connectivity index (χ2v) is 67.3. The summed E-state index contributed by atoms with van der Waals surface area (Å²) < 4.78 is 303. The van der Waals surface area contributed by atoms with Crippen LogP contribution in [-0.4, -0.2) is 318 Å². The summed E-state index contributed by atoms with van der Waals surface area (Å²) in [6, 6.07) is 29.7. The number of ether oxygens (including phenoxy) is 1. The van der Waals surface area contributed by atoms with Crippen LogP contribution in [0.2, 0.25) is 0 Å². The average Bonchev–Trinajstić information content (AvgIpc) is 1.62. The molecule has 750 valence electrons. The van der Waals surface area contributed by atoms with Crippen molar-refractivity contribution >= 4 is 163 Å².